The van der Waals surface area contributed by atoms with Gasteiger partial charge in [0.2, 0.25) is 0 Å². The van der Waals surface area contributed by atoms with Crippen molar-refractivity contribution in [1.82, 2.24) is 4.90 Å². The minimum atomic E-state index is -0.861. The number of halogens is 2. The molecule has 0 amide bonds. The minimum absolute atomic E-state index is 0.0204. The van der Waals surface area contributed by atoms with Gasteiger partial charge in [-0.25, -0.2) is 8.78 Å². The number of aliphatic hydroxyl groups is 1. The molecule has 1 aromatic carbocycles. The van der Waals surface area contributed by atoms with E-state index in [1.807, 2.05) is 0 Å². The van der Waals surface area contributed by atoms with Gasteiger partial charge in [0, 0.05) is 12.6 Å². The molecule has 0 aliphatic carbocycles. The van der Waals surface area contributed by atoms with E-state index in [0.717, 1.165) is 12.1 Å². The number of carbonyl (C=O) groups excluding carboxylic acids is 1. The van der Waals surface area contributed by atoms with Crippen molar-refractivity contribution in [1.29, 1.82) is 0 Å². The van der Waals surface area contributed by atoms with Crippen molar-refractivity contribution in [2.75, 3.05) is 20.1 Å². The zero-order chi connectivity index (χ0) is 13.0. The van der Waals surface area contributed by atoms with Crippen LogP contribution in [-0.4, -0.2) is 42.0 Å². The van der Waals surface area contributed by atoms with Gasteiger partial charge >= 0.3 is 0 Å². The molecule has 0 saturated carbocycles. The van der Waals surface area contributed by atoms with Gasteiger partial charge in [-0.2, -0.15) is 0 Å². The Labute approximate surface area is 98.7 Å². The normalized spacial score (nSPS) is 12.8. The molecule has 1 N–H and O–H groups in total. The number of benzene rings is 1. The number of aliphatic hydroxyl groups excluding tert-OH is 1. The van der Waals surface area contributed by atoms with Gasteiger partial charge < -0.3 is 5.11 Å². The van der Waals surface area contributed by atoms with Gasteiger partial charge in [0.05, 0.1) is 18.2 Å². The standard InChI is InChI=1S/C12H15F2NO2/c1-8(16)6-15(2)7-12(17)10-4-3-9(13)5-11(10)14/h3-5,8,16H,6-7H2,1-2H3. The van der Waals surface area contributed by atoms with E-state index < -0.39 is 23.5 Å². The lowest BCUT2D eigenvalue weighted by atomic mass is 10.1. The van der Waals surface area contributed by atoms with E-state index in [4.69, 9.17) is 5.11 Å². The molecule has 0 heterocycles. The first kappa shape index (κ1) is 13.7. The summed E-state index contributed by atoms with van der Waals surface area (Å²) in [5.41, 5.74) is -0.135. The molecule has 0 aliphatic heterocycles. The fourth-order valence-corrected chi connectivity index (χ4v) is 1.56. The Balaban J connectivity index is 2.70. The number of rotatable bonds is 5. The van der Waals surface area contributed by atoms with Gasteiger partial charge in [0.1, 0.15) is 11.6 Å². The van der Waals surface area contributed by atoms with E-state index in [1.165, 1.54) is 0 Å². The average Bonchev–Trinajstić information content (AvgIpc) is 2.15. The summed E-state index contributed by atoms with van der Waals surface area (Å²) in [6.07, 6.45) is -0.564. The van der Waals surface area contributed by atoms with Gasteiger partial charge in [0.15, 0.2) is 5.78 Å². The van der Waals surface area contributed by atoms with Crippen molar-refractivity contribution in [3.05, 3.63) is 35.4 Å². The molecule has 5 heteroatoms. The Kier molecular flexibility index (Phi) is 4.72. The predicted octanol–water partition coefficient (Wildman–Crippen LogP) is 1.46. The fraction of sp³-hybridized carbons (Fsp3) is 0.417. The Bertz CT molecular complexity index is 407. The molecule has 0 radical (unpaired) electrons. The van der Waals surface area contributed by atoms with Crippen LogP contribution in [0.2, 0.25) is 0 Å². The quantitative estimate of drug-likeness (QED) is 0.796. The van der Waals surface area contributed by atoms with Gasteiger partial charge in [-0.3, -0.25) is 9.69 Å². The van der Waals surface area contributed by atoms with Gasteiger partial charge in [-0.05, 0) is 26.1 Å². The molecule has 1 rings (SSSR count). The average molecular weight is 243 g/mol. The van der Waals surface area contributed by atoms with Crippen molar-refractivity contribution >= 4 is 5.78 Å². The Morgan fingerprint density at radius 1 is 1.47 bits per heavy atom. The topological polar surface area (TPSA) is 40.5 Å². The highest BCUT2D eigenvalue weighted by molar-refractivity contribution is 5.97. The third-order valence-electron chi connectivity index (χ3n) is 2.22. The number of hydrogen-bond donors (Lipinski definition) is 1. The smallest absolute Gasteiger partial charge is 0.179 e. The van der Waals surface area contributed by atoms with Crippen LogP contribution >= 0.6 is 0 Å². The predicted molar refractivity (Wildman–Crippen MR) is 59.9 cm³/mol. The molecule has 0 bridgehead atoms. The molecule has 17 heavy (non-hydrogen) atoms. The first-order valence-corrected chi connectivity index (χ1v) is 5.25. The lowest BCUT2D eigenvalue weighted by molar-refractivity contribution is 0.0897. The molecule has 0 fully saturated rings. The summed E-state index contributed by atoms with van der Waals surface area (Å²) in [4.78, 5) is 13.3. The molecule has 1 atom stereocenters. The summed E-state index contributed by atoms with van der Waals surface area (Å²) in [5.74, 6) is -2.01. The number of nitrogens with zero attached hydrogens (tertiary/aromatic N) is 1. The van der Waals surface area contributed by atoms with Crippen molar-refractivity contribution in [2.45, 2.75) is 13.0 Å². The Hall–Kier alpha value is -1.33. The number of likely N-dealkylation sites (N-methyl/N-ethyl adjacent to an activating group) is 1. The maximum Gasteiger partial charge on any atom is 0.179 e. The van der Waals surface area contributed by atoms with Crippen LogP contribution in [0.5, 0.6) is 0 Å². The third-order valence-corrected chi connectivity index (χ3v) is 2.22. The zero-order valence-corrected chi connectivity index (χ0v) is 9.78. The van der Waals surface area contributed by atoms with Crippen molar-refractivity contribution in [3.8, 4) is 0 Å². The summed E-state index contributed by atoms with van der Waals surface area (Å²) in [6.45, 7) is 1.89. The zero-order valence-electron chi connectivity index (χ0n) is 9.78. The van der Waals surface area contributed by atoms with Crippen molar-refractivity contribution in [2.24, 2.45) is 0 Å². The number of hydrogen-bond acceptors (Lipinski definition) is 3. The molecule has 0 saturated heterocycles. The van der Waals surface area contributed by atoms with E-state index in [-0.39, 0.29) is 12.1 Å². The lowest BCUT2D eigenvalue weighted by Gasteiger charge is -2.17. The van der Waals surface area contributed by atoms with E-state index >= 15 is 0 Å². The summed E-state index contributed by atoms with van der Waals surface area (Å²) in [6, 6.07) is 2.86. The monoisotopic (exact) mass is 243 g/mol. The first-order chi connectivity index (χ1) is 7.90. The Morgan fingerprint density at radius 2 is 2.12 bits per heavy atom. The van der Waals surface area contributed by atoms with Gasteiger partial charge in [-0.1, -0.05) is 0 Å². The van der Waals surface area contributed by atoms with Crippen molar-refractivity contribution in [3.63, 3.8) is 0 Å². The molecular formula is C12H15F2NO2. The molecule has 0 aromatic heterocycles. The molecule has 3 nitrogen and oxygen atoms in total. The SMILES string of the molecule is CC(O)CN(C)CC(=O)c1ccc(F)cc1F. The molecular weight excluding hydrogens is 228 g/mol. The van der Waals surface area contributed by atoms with E-state index in [0.29, 0.717) is 12.6 Å². The molecule has 1 unspecified atom stereocenters. The Morgan fingerprint density at radius 3 is 2.65 bits per heavy atom. The summed E-state index contributed by atoms with van der Waals surface area (Å²) < 4.78 is 25.9. The molecule has 0 aliphatic rings. The van der Waals surface area contributed by atoms with Crippen molar-refractivity contribution < 1.29 is 18.7 Å². The summed E-state index contributed by atoms with van der Waals surface area (Å²) >= 11 is 0. The minimum Gasteiger partial charge on any atom is -0.392 e. The second-order valence-electron chi connectivity index (χ2n) is 4.09. The second kappa shape index (κ2) is 5.84. The van der Waals surface area contributed by atoms with E-state index in [9.17, 15) is 13.6 Å². The maximum absolute atomic E-state index is 13.3. The number of ketones is 1. The van der Waals surface area contributed by atoms with Crippen LogP contribution in [0.3, 0.4) is 0 Å². The molecule has 0 spiro atoms. The van der Waals surface area contributed by atoms with Crippen LogP contribution < -0.4 is 0 Å². The highest BCUT2D eigenvalue weighted by atomic mass is 19.1. The van der Waals surface area contributed by atoms with Gasteiger partial charge in [-0.15, -0.1) is 0 Å². The largest absolute Gasteiger partial charge is 0.392 e. The van der Waals surface area contributed by atoms with Crippen LogP contribution in [0.25, 0.3) is 0 Å². The van der Waals surface area contributed by atoms with Crippen LogP contribution in [0.4, 0.5) is 8.78 Å². The van der Waals surface area contributed by atoms with Crippen LogP contribution in [0, 0.1) is 11.6 Å². The summed E-state index contributed by atoms with van der Waals surface area (Å²) in [5, 5.41) is 9.12. The number of carbonyl (C=O) groups is 1. The van der Waals surface area contributed by atoms with E-state index in [1.54, 1.807) is 18.9 Å². The highest BCUT2D eigenvalue weighted by Gasteiger charge is 2.15. The van der Waals surface area contributed by atoms with E-state index in [2.05, 4.69) is 0 Å². The van der Waals surface area contributed by atoms with Gasteiger partial charge in [0.25, 0.3) is 0 Å². The third kappa shape index (κ3) is 4.20. The van der Waals surface area contributed by atoms with Crippen LogP contribution in [0.15, 0.2) is 18.2 Å². The first-order valence-electron chi connectivity index (χ1n) is 5.25. The lowest BCUT2D eigenvalue weighted by Crippen LogP contribution is -2.32. The van der Waals surface area contributed by atoms with Crippen LogP contribution in [-0.2, 0) is 0 Å². The second-order valence-corrected chi connectivity index (χ2v) is 4.09. The maximum atomic E-state index is 13.3. The highest BCUT2D eigenvalue weighted by Crippen LogP contribution is 2.10. The summed E-state index contributed by atoms with van der Waals surface area (Å²) in [7, 11) is 1.64. The molecule has 1 aromatic rings. The number of Topliss-reactive ketones (excluding diaryl/α,β-unsaturated/α-hetero) is 1. The fourth-order valence-electron chi connectivity index (χ4n) is 1.56. The molecule has 94 valence electrons. The van der Waals surface area contributed by atoms with Crippen LogP contribution in [0.1, 0.15) is 17.3 Å².